The van der Waals surface area contributed by atoms with E-state index in [1.807, 2.05) is 13.1 Å². The number of nitrogens with one attached hydrogen (secondary N) is 1. The maximum Gasteiger partial charge on any atom is 0.128 e. The van der Waals surface area contributed by atoms with Gasteiger partial charge in [0.25, 0.3) is 0 Å². The molecule has 1 atom stereocenters. The molecule has 1 aromatic rings. The van der Waals surface area contributed by atoms with Gasteiger partial charge >= 0.3 is 0 Å². The lowest BCUT2D eigenvalue weighted by Crippen LogP contribution is -2.39. The summed E-state index contributed by atoms with van der Waals surface area (Å²) in [6, 6.07) is 0.448. The highest BCUT2D eigenvalue weighted by Crippen LogP contribution is 2.23. The lowest BCUT2D eigenvalue weighted by atomic mass is 10.1. The van der Waals surface area contributed by atoms with Crippen molar-refractivity contribution in [3.63, 3.8) is 0 Å². The number of rotatable bonds is 8. The second kappa shape index (κ2) is 8.22. The van der Waals surface area contributed by atoms with E-state index in [2.05, 4.69) is 42.9 Å². The summed E-state index contributed by atoms with van der Waals surface area (Å²) in [5, 5.41) is 3.55. The van der Waals surface area contributed by atoms with Crippen molar-refractivity contribution in [2.75, 3.05) is 26.7 Å². The van der Waals surface area contributed by atoms with E-state index in [1.54, 1.807) is 7.11 Å². The van der Waals surface area contributed by atoms with Gasteiger partial charge in [0, 0.05) is 36.5 Å². The van der Waals surface area contributed by atoms with Crippen LogP contribution in [-0.4, -0.2) is 42.7 Å². The number of pyridine rings is 1. The summed E-state index contributed by atoms with van der Waals surface area (Å²) in [7, 11) is 1.72. The number of hydrogen-bond donors (Lipinski definition) is 1. The number of hydrogen-bond acceptors (Lipinski definition) is 4. The number of nitrogens with zero attached hydrogens (tertiary/aromatic N) is 2. The van der Waals surface area contributed by atoms with Crippen LogP contribution in [0.15, 0.2) is 6.20 Å². The molecule has 1 aromatic heterocycles. The fourth-order valence-corrected chi connectivity index (χ4v) is 2.45. The minimum absolute atomic E-state index is 0.448. The van der Waals surface area contributed by atoms with Crippen molar-refractivity contribution >= 4 is 0 Å². The molecular weight excluding hydrogens is 250 g/mol. The van der Waals surface area contributed by atoms with Gasteiger partial charge < -0.3 is 15.0 Å². The number of ether oxygens (including phenoxy) is 1. The fraction of sp³-hybridized carbons (Fsp3) is 0.688. The molecule has 0 aliphatic carbocycles. The van der Waals surface area contributed by atoms with E-state index in [0.717, 1.165) is 48.7 Å². The van der Waals surface area contributed by atoms with Gasteiger partial charge in [-0.05, 0) is 33.9 Å². The SMILES string of the molecule is CCN(CC)CC(C)NCc1ncc(C)c(OC)c1C. The molecule has 0 bridgehead atoms. The molecule has 0 amide bonds. The summed E-state index contributed by atoms with van der Waals surface area (Å²) >= 11 is 0. The van der Waals surface area contributed by atoms with E-state index < -0.39 is 0 Å². The van der Waals surface area contributed by atoms with Crippen molar-refractivity contribution < 1.29 is 4.74 Å². The molecule has 1 N–H and O–H groups in total. The molecule has 0 saturated heterocycles. The summed E-state index contributed by atoms with van der Waals surface area (Å²) in [5.41, 5.74) is 3.29. The Bertz CT molecular complexity index is 416. The van der Waals surface area contributed by atoms with Gasteiger partial charge in [-0.25, -0.2) is 0 Å². The zero-order valence-electron chi connectivity index (χ0n) is 13.8. The van der Waals surface area contributed by atoms with Crippen LogP contribution in [0.1, 0.15) is 37.6 Å². The van der Waals surface area contributed by atoms with E-state index in [4.69, 9.17) is 4.74 Å². The Morgan fingerprint density at radius 1 is 1.30 bits per heavy atom. The molecule has 0 fully saturated rings. The largest absolute Gasteiger partial charge is 0.496 e. The molecule has 0 saturated carbocycles. The Morgan fingerprint density at radius 3 is 2.50 bits per heavy atom. The first-order valence-corrected chi connectivity index (χ1v) is 7.48. The molecule has 114 valence electrons. The summed E-state index contributed by atoms with van der Waals surface area (Å²) in [6.45, 7) is 14.8. The van der Waals surface area contributed by atoms with Crippen molar-refractivity contribution in [2.45, 2.75) is 47.2 Å². The number of aromatic nitrogens is 1. The first kappa shape index (κ1) is 16.9. The van der Waals surface area contributed by atoms with Crippen molar-refractivity contribution in [3.8, 4) is 5.75 Å². The van der Waals surface area contributed by atoms with E-state index in [1.165, 1.54) is 0 Å². The van der Waals surface area contributed by atoms with Gasteiger partial charge in [0.05, 0.1) is 12.8 Å². The highest BCUT2D eigenvalue weighted by molar-refractivity contribution is 5.40. The molecule has 0 aromatic carbocycles. The van der Waals surface area contributed by atoms with E-state index >= 15 is 0 Å². The third kappa shape index (κ3) is 4.46. The van der Waals surface area contributed by atoms with Crippen molar-refractivity contribution in [2.24, 2.45) is 0 Å². The lowest BCUT2D eigenvalue weighted by Gasteiger charge is -2.23. The summed E-state index contributed by atoms with van der Waals surface area (Å²) < 4.78 is 5.45. The average molecular weight is 279 g/mol. The molecule has 0 aliphatic rings. The summed E-state index contributed by atoms with van der Waals surface area (Å²) in [6.07, 6.45) is 1.89. The number of aryl methyl sites for hydroxylation is 1. The molecule has 1 unspecified atom stereocenters. The maximum atomic E-state index is 5.45. The summed E-state index contributed by atoms with van der Waals surface area (Å²) in [4.78, 5) is 6.95. The predicted molar refractivity (Wildman–Crippen MR) is 84.4 cm³/mol. The van der Waals surface area contributed by atoms with Crippen LogP contribution in [0.3, 0.4) is 0 Å². The topological polar surface area (TPSA) is 37.4 Å². The van der Waals surface area contributed by atoms with Crippen LogP contribution in [0, 0.1) is 13.8 Å². The van der Waals surface area contributed by atoms with E-state index in [9.17, 15) is 0 Å². The molecule has 20 heavy (non-hydrogen) atoms. The molecule has 0 radical (unpaired) electrons. The molecule has 1 heterocycles. The first-order valence-electron chi connectivity index (χ1n) is 7.48. The monoisotopic (exact) mass is 279 g/mol. The van der Waals surface area contributed by atoms with Crippen LogP contribution < -0.4 is 10.1 Å². The van der Waals surface area contributed by atoms with Crippen LogP contribution in [0.25, 0.3) is 0 Å². The van der Waals surface area contributed by atoms with E-state index in [0.29, 0.717) is 6.04 Å². The molecule has 1 rings (SSSR count). The first-order chi connectivity index (χ1) is 9.53. The molecular formula is C16H29N3O. The Hall–Kier alpha value is -1.13. The van der Waals surface area contributed by atoms with Crippen LogP contribution in [0.5, 0.6) is 5.75 Å². The van der Waals surface area contributed by atoms with Crippen molar-refractivity contribution in [3.05, 3.63) is 23.0 Å². The number of methoxy groups -OCH3 is 1. The highest BCUT2D eigenvalue weighted by Gasteiger charge is 2.11. The van der Waals surface area contributed by atoms with Gasteiger partial charge in [0.15, 0.2) is 0 Å². The third-order valence-corrected chi connectivity index (χ3v) is 3.79. The van der Waals surface area contributed by atoms with Crippen LogP contribution >= 0.6 is 0 Å². The Morgan fingerprint density at radius 2 is 1.95 bits per heavy atom. The van der Waals surface area contributed by atoms with Crippen LogP contribution in [-0.2, 0) is 6.54 Å². The van der Waals surface area contributed by atoms with Crippen molar-refractivity contribution in [1.82, 2.24) is 15.2 Å². The normalized spacial score (nSPS) is 12.8. The van der Waals surface area contributed by atoms with Gasteiger partial charge in [-0.15, -0.1) is 0 Å². The standard InChI is InChI=1S/C16H29N3O/c1-7-19(8-2)11-13(4)17-10-15-14(5)16(20-6)12(3)9-18-15/h9,13,17H,7-8,10-11H2,1-6H3. The van der Waals surface area contributed by atoms with Crippen LogP contribution in [0.4, 0.5) is 0 Å². The quantitative estimate of drug-likeness (QED) is 0.793. The molecule has 0 aliphatic heterocycles. The predicted octanol–water partition coefficient (Wildman–Crippen LogP) is 2.53. The second-order valence-corrected chi connectivity index (χ2v) is 5.31. The summed E-state index contributed by atoms with van der Waals surface area (Å²) in [5.74, 6) is 0.952. The molecule has 0 spiro atoms. The minimum Gasteiger partial charge on any atom is -0.496 e. The maximum absolute atomic E-state index is 5.45. The number of likely N-dealkylation sites (N-methyl/N-ethyl adjacent to an activating group) is 1. The highest BCUT2D eigenvalue weighted by atomic mass is 16.5. The second-order valence-electron chi connectivity index (χ2n) is 5.31. The lowest BCUT2D eigenvalue weighted by molar-refractivity contribution is 0.270. The molecule has 4 nitrogen and oxygen atoms in total. The Labute approximate surface area is 123 Å². The van der Waals surface area contributed by atoms with Gasteiger partial charge in [-0.2, -0.15) is 0 Å². The zero-order valence-corrected chi connectivity index (χ0v) is 13.8. The average Bonchev–Trinajstić information content (AvgIpc) is 2.44. The Kier molecular flexibility index (Phi) is 6.96. The molecule has 4 heteroatoms. The van der Waals surface area contributed by atoms with E-state index in [-0.39, 0.29) is 0 Å². The van der Waals surface area contributed by atoms with Gasteiger partial charge in [0.2, 0.25) is 0 Å². The third-order valence-electron chi connectivity index (χ3n) is 3.79. The zero-order chi connectivity index (χ0) is 15.1. The minimum atomic E-state index is 0.448. The van der Waals surface area contributed by atoms with Crippen LogP contribution in [0.2, 0.25) is 0 Å². The Balaban J connectivity index is 2.62. The van der Waals surface area contributed by atoms with Gasteiger partial charge in [-0.1, -0.05) is 13.8 Å². The smallest absolute Gasteiger partial charge is 0.128 e. The fourth-order valence-electron chi connectivity index (χ4n) is 2.45. The van der Waals surface area contributed by atoms with Gasteiger partial charge in [-0.3, -0.25) is 4.98 Å². The van der Waals surface area contributed by atoms with Crippen molar-refractivity contribution in [1.29, 1.82) is 0 Å². The van der Waals surface area contributed by atoms with Gasteiger partial charge in [0.1, 0.15) is 5.75 Å².